The highest BCUT2D eigenvalue weighted by Crippen LogP contribution is 2.25. The Bertz CT molecular complexity index is 939. The lowest BCUT2D eigenvalue weighted by Gasteiger charge is -2.06. The number of nitro benzene ring substituents is 1. The minimum absolute atomic E-state index is 0.135. The van der Waals surface area contributed by atoms with Crippen molar-refractivity contribution < 1.29 is 14.1 Å². The maximum atomic E-state index is 13.1. The molecule has 0 aliphatic heterocycles. The molecule has 0 aliphatic carbocycles. The van der Waals surface area contributed by atoms with Gasteiger partial charge in [0.1, 0.15) is 17.5 Å². The van der Waals surface area contributed by atoms with Crippen LogP contribution in [0.2, 0.25) is 10.0 Å². The molecule has 0 saturated carbocycles. The first-order chi connectivity index (χ1) is 11.8. The van der Waals surface area contributed by atoms with Crippen LogP contribution >= 0.6 is 23.2 Å². The van der Waals surface area contributed by atoms with Gasteiger partial charge in [0, 0.05) is 28.4 Å². The second kappa shape index (κ2) is 7.75. The van der Waals surface area contributed by atoms with Gasteiger partial charge in [-0.25, -0.2) is 4.39 Å². The van der Waals surface area contributed by atoms with Gasteiger partial charge < -0.3 is 5.32 Å². The van der Waals surface area contributed by atoms with Crippen molar-refractivity contribution in [1.82, 2.24) is 0 Å². The van der Waals surface area contributed by atoms with Gasteiger partial charge in [0.25, 0.3) is 11.6 Å². The van der Waals surface area contributed by atoms with E-state index in [9.17, 15) is 19.3 Å². The summed E-state index contributed by atoms with van der Waals surface area (Å²) in [6, 6.07) is 8.83. The fourth-order valence-electron chi connectivity index (χ4n) is 1.83. The predicted octanol–water partition coefficient (Wildman–Crippen LogP) is 4.59. The standard InChI is InChI=1S/C16H8Cl2FN3O3/c17-13-3-2-12(22(24)25)6-9(13)5-10(8-20)16(23)21-11-1-4-15(19)14(18)7-11/h1-7H,(H,21,23)/b10-5+. The smallest absolute Gasteiger partial charge is 0.270 e. The van der Waals surface area contributed by atoms with E-state index in [-0.39, 0.29) is 32.6 Å². The predicted molar refractivity (Wildman–Crippen MR) is 91.7 cm³/mol. The maximum absolute atomic E-state index is 13.1. The van der Waals surface area contributed by atoms with Crippen LogP contribution in [-0.2, 0) is 4.79 Å². The van der Waals surface area contributed by atoms with Crippen molar-refractivity contribution >= 4 is 46.6 Å². The molecule has 0 aromatic heterocycles. The first-order valence-corrected chi connectivity index (χ1v) is 7.39. The Morgan fingerprint density at radius 2 is 1.96 bits per heavy atom. The lowest BCUT2D eigenvalue weighted by Crippen LogP contribution is -2.13. The van der Waals surface area contributed by atoms with Crippen LogP contribution in [0.4, 0.5) is 15.8 Å². The number of nitrogens with one attached hydrogen (secondary N) is 1. The molecule has 0 bridgehead atoms. The Morgan fingerprint density at radius 3 is 2.56 bits per heavy atom. The van der Waals surface area contributed by atoms with E-state index in [4.69, 9.17) is 28.5 Å². The Hall–Kier alpha value is -2.95. The second-order valence-corrected chi connectivity index (χ2v) is 5.53. The normalized spacial score (nSPS) is 10.9. The lowest BCUT2D eigenvalue weighted by molar-refractivity contribution is -0.384. The first kappa shape index (κ1) is 18.4. The summed E-state index contributed by atoms with van der Waals surface area (Å²) in [5.41, 5.74) is -0.260. The number of nitro groups is 1. The van der Waals surface area contributed by atoms with Crippen LogP contribution in [-0.4, -0.2) is 10.8 Å². The highest BCUT2D eigenvalue weighted by Gasteiger charge is 2.14. The molecule has 0 heterocycles. The third kappa shape index (κ3) is 4.53. The summed E-state index contributed by atoms with van der Waals surface area (Å²) in [6.45, 7) is 0. The van der Waals surface area contributed by atoms with Crippen molar-refractivity contribution in [2.24, 2.45) is 0 Å². The van der Waals surface area contributed by atoms with Gasteiger partial charge in [0.15, 0.2) is 0 Å². The molecule has 1 amide bonds. The Morgan fingerprint density at radius 1 is 1.24 bits per heavy atom. The van der Waals surface area contributed by atoms with E-state index >= 15 is 0 Å². The second-order valence-electron chi connectivity index (χ2n) is 4.72. The summed E-state index contributed by atoms with van der Waals surface area (Å²) < 4.78 is 13.1. The largest absolute Gasteiger partial charge is 0.321 e. The molecule has 0 saturated heterocycles. The van der Waals surface area contributed by atoms with Crippen molar-refractivity contribution in [1.29, 1.82) is 5.26 Å². The highest BCUT2D eigenvalue weighted by atomic mass is 35.5. The minimum atomic E-state index is -0.798. The Kier molecular flexibility index (Phi) is 5.70. The molecule has 2 aromatic carbocycles. The summed E-state index contributed by atoms with van der Waals surface area (Å²) >= 11 is 11.6. The van der Waals surface area contributed by atoms with Gasteiger partial charge in [-0.2, -0.15) is 5.26 Å². The number of non-ortho nitro benzene ring substituents is 1. The van der Waals surface area contributed by atoms with Crippen LogP contribution in [0.15, 0.2) is 42.0 Å². The maximum Gasteiger partial charge on any atom is 0.270 e. The number of anilines is 1. The van der Waals surface area contributed by atoms with Crippen LogP contribution in [0.1, 0.15) is 5.56 Å². The molecule has 0 fully saturated rings. The molecule has 0 spiro atoms. The van der Waals surface area contributed by atoms with Crippen LogP contribution in [0, 0.1) is 27.3 Å². The Balaban J connectivity index is 2.32. The highest BCUT2D eigenvalue weighted by molar-refractivity contribution is 6.32. The molecule has 2 rings (SSSR count). The van der Waals surface area contributed by atoms with Crippen molar-refractivity contribution in [3.8, 4) is 6.07 Å². The number of amides is 1. The number of carbonyl (C=O) groups is 1. The van der Waals surface area contributed by atoms with E-state index in [1.165, 1.54) is 24.3 Å². The van der Waals surface area contributed by atoms with Crippen LogP contribution < -0.4 is 5.32 Å². The van der Waals surface area contributed by atoms with E-state index < -0.39 is 16.6 Å². The average Bonchev–Trinajstić information content (AvgIpc) is 2.57. The fraction of sp³-hybridized carbons (Fsp3) is 0. The number of benzene rings is 2. The van der Waals surface area contributed by atoms with E-state index in [2.05, 4.69) is 5.32 Å². The quantitative estimate of drug-likeness (QED) is 0.363. The van der Waals surface area contributed by atoms with E-state index in [0.29, 0.717) is 0 Å². The number of nitrogens with zero attached hydrogens (tertiary/aromatic N) is 2. The molecule has 0 atom stereocenters. The van der Waals surface area contributed by atoms with E-state index in [0.717, 1.165) is 18.2 Å². The third-order valence-corrected chi connectivity index (χ3v) is 3.67. The molecule has 126 valence electrons. The molecular formula is C16H8Cl2FN3O3. The molecule has 0 aliphatic rings. The van der Waals surface area contributed by atoms with Gasteiger partial charge in [-0.1, -0.05) is 23.2 Å². The topological polar surface area (TPSA) is 96.0 Å². The van der Waals surface area contributed by atoms with Crippen molar-refractivity contribution in [2.75, 3.05) is 5.32 Å². The molecule has 0 radical (unpaired) electrons. The van der Waals surface area contributed by atoms with Crippen molar-refractivity contribution in [3.63, 3.8) is 0 Å². The van der Waals surface area contributed by atoms with Gasteiger partial charge in [0.05, 0.1) is 9.95 Å². The van der Waals surface area contributed by atoms with Gasteiger partial charge in [-0.3, -0.25) is 14.9 Å². The summed E-state index contributed by atoms with van der Waals surface area (Å²) in [5.74, 6) is -1.45. The van der Waals surface area contributed by atoms with Crippen LogP contribution in [0.5, 0.6) is 0 Å². The molecular weight excluding hydrogens is 372 g/mol. The number of hydrogen-bond donors (Lipinski definition) is 1. The Labute approximate surface area is 151 Å². The monoisotopic (exact) mass is 379 g/mol. The average molecular weight is 380 g/mol. The number of nitriles is 1. The van der Waals surface area contributed by atoms with Crippen LogP contribution in [0.25, 0.3) is 6.08 Å². The van der Waals surface area contributed by atoms with Gasteiger partial charge in [-0.05, 0) is 30.3 Å². The molecule has 9 heteroatoms. The minimum Gasteiger partial charge on any atom is -0.321 e. The molecule has 6 nitrogen and oxygen atoms in total. The number of hydrogen-bond acceptors (Lipinski definition) is 4. The number of carbonyl (C=O) groups excluding carboxylic acids is 1. The molecule has 0 unspecified atom stereocenters. The summed E-state index contributed by atoms with van der Waals surface area (Å²) in [4.78, 5) is 22.3. The zero-order valence-corrected chi connectivity index (χ0v) is 13.8. The first-order valence-electron chi connectivity index (χ1n) is 6.64. The summed E-state index contributed by atoms with van der Waals surface area (Å²) in [5, 5.41) is 22.3. The van der Waals surface area contributed by atoms with E-state index in [1.54, 1.807) is 6.07 Å². The van der Waals surface area contributed by atoms with E-state index in [1.807, 2.05) is 0 Å². The molecule has 25 heavy (non-hydrogen) atoms. The summed E-state index contributed by atoms with van der Waals surface area (Å²) in [6.07, 6.45) is 1.12. The molecule has 1 N–H and O–H groups in total. The zero-order chi connectivity index (χ0) is 18.6. The van der Waals surface area contributed by atoms with Crippen LogP contribution in [0.3, 0.4) is 0 Å². The third-order valence-electron chi connectivity index (χ3n) is 3.03. The van der Waals surface area contributed by atoms with Gasteiger partial charge in [0.2, 0.25) is 0 Å². The van der Waals surface area contributed by atoms with Crippen molar-refractivity contribution in [3.05, 3.63) is 73.5 Å². The van der Waals surface area contributed by atoms with Crippen molar-refractivity contribution in [2.45, 2.75) is 0 Å². The molecule has 2 aromatic rings. The number of rotatable bonds is 4. The fourth-order valence-corrected chi connectivity index (χ4v) is 2.18. The SMILES string of the molecule is N#C/C(=C\c1cc([N+](=O)[O-])ccc1Cl)C(=O)Nc1ccc(F)c(Cl)c1. The zero-order valence-electron chi connectivity index (χ0n) is 12.3. The van der Waals surface area contributed by atoms with Gasteiger partial charge in [-0.15, -0.1) is 0 Å². The lowest BCUT2D eigenvalue weighted by atomic mass is 10.1. The summed E-state index contributed by atoms with van der Waals surface area (Å²) in [7, 11) is 0. The van der Waals surface area contributed by atoms with Gasteiger partial charge >= 0.3 is 0 Å². The number of halogens is 3.